The third-order valence-electron chi connectivity index (χ3n) is 3.45. The molecule has 1 aromatic carbocycles. The van der Waals surface area contributed by atoms with Gasteiger partial charge in [-0.1, -0.05) is 6.07 Å². The lowest BCUT2D eigenvalue weighted by molar-refractivity contribution is -0.123. The third-order valence-corrected chi connectivity index (χ3v) is 3.65. The van der Waals surface area contributed by atoms with Gasteiger partial charge >= 0.3 is 0 Å². The highest BCUT2D eigenvalue weighted by Crippen LogP contribution is 2.30. The Morgan fingerprint density at radius 2 is 1.76 bits per heavy atom. The van der Waals surface area contributed by atoms with Crippen molar-refractivity contribution in [3.05, 3.63) is 47.2 Å². The summed E-state index contributed by atoms with van der Waals surface area (Å²) < 4.78 is 5.55. The number of amides is 2. The zero-order valence-electron chi connectivity index (χ0n) is 12.5. The van der Waals surface area contributed by atoms with Crippen LogP contribution < -0.4 is 10.6 Å². The molecule has 2 aromatic rings. The fraction of sp³-hybridized carbons (Fsp3) is 0.0625. The highest BCUT2D eigenvalue weighted by atomic mass is 32.1. The second-order valence-corrected chi connectivity index (χ2v) is 5.55. The van der Waals surface area contributed by atoms with E-state index < -0.39 is 18.1 Å². The van der Waals surface area contributed by atoms with E-state index in [-0.39, 0.29) is 27.8 Å². The molecule has 0 spiro atoms. The largest absolute Gasteiger partial charge is 0.507 e. The predicted octanol–water partition coefficient (Wildman–Crippen LogP) is 0.550. The van der Waals surface area contributed by atoms with Gasteiger partial charge in [0.1, 0.15) is 22.8 Å². The van der Waals surface area contributed by atoms with Crippen molar-refractivity contribution in [1.82, 2.24) is 10.6 Å². The van der Waals surface area contributed by atoms with Gasteiger partial charge in [-0.2, -0.15) is 0 Å². The van der Waals surface area contributed by atoms with E-state index in [9.17, 15) is 14.7 Å². The second-order valence-electron chi connectivity index (χ2n) is 5.14. The number of hydrogen-bond donors (Lipinski definition) is 5. The van der Waals surface area contributed by atoms with E-state index in [0.717, 1.165) is 0 Å². The van der Waals surface area contributed by atoms with Crippen molar-refractivity contribution >= 4 is 35.2 Å². The maximum Gasteiger partial charge on any atom is 0.263 e. The summed E-state index contributed by atoms with van der Waals surface area (Å²) in [7, 11) is 0. The molecule has 0 bridgehead atoms. The molecule has 0 aliphatic carbocycles. The molecule has 2 amide bonds. The van der Waals surface area contributed by atoms with Crippen LogP contribution in [0.25, 0.3) is 17.4 Å². The summed E-state index contributed by atoms with van der Waals surface area (Å²) in [5.41, 5.74) is 0.283. The number of nitrogens with one attached hydrogen (secondary N) is 2. The Hall–Kier alpha value is -3.01. The van der Waals surface area contributed by atoms with E-state index in [1.165, 1.54) is 24.3 Å². The number of phenols is 1. The summed E-state index contributed by atoms with van der Waals surface area (Å²) in [6, 6.07) is 7.31. The van der Waals surface area contributed by atoms with Crippen LogP contribution in [-0.4, -0.2) is 32.2 Å². The van der Waals surface area contributed by atoms with Crippen LogP contribution >= 0.6 is 12.2 Å². The molecule has 128 valence electrons. The lowest BCUT2D eigenvalue weighted by atomic mass is 10.1. The van der Waals surface area contributed by atoms with Gasteiger partial charge in [-0.15, -0.1) is 0 Å². The van der Waals surface area contributed by atoms with Crippen LogP contribution in [0.15, 0.2) is 40.3 Å². The Kier molecular flexibility index (Phi) is 4.36. The Morgan fingerprint density at radius 1 is 1.08 bits per heavy atom. The summed E-state index contributed by atoms with van der Waals surface area (Å²) in [6.45, 7) is 0. The Bertz CT molecular complexity index is 893. The minimum atomic E-state index is -1.79. The van der Waals surface area contributed by atoms with Gasteiger partial charge in [-0.05, 0) is 42.6 Å². The number of aliphatic hydroxyl groups is 2. The topological polar surface area (TPSA) is 132 Å². The number of thiocarbonyl (C=S) groups is 1. The van der Waals surface area contributed by atoms with Gasteiger partial charge in [0.05, 0.1) is 0 Å². The average Bonchev–Trinajstić information content (AvgIpc) is 2.99. The molecule has 1 saturated heterocycles. The van der Waals surface area contributed by atoms with Crippen LogP contribution in [-0.2, 0) is 9.59 Å². The number of carbonyl (C=O) groups is 2. The first-order valence-corrected chi connectivity index (χ1v) is 7.43. The maximum atomic E-state index is 11.8. The lowest BCUT2D eigenvalue weighted by Gasteiger charge is -2.15. The summed E-state index contributed by atoms with van der Waals surface area (Å²) >= 11 is 4.71. The van der Waals surface area contributed by atoms with Crippen molar-refractivity contribution < 1.29 is 29.3 Å². The number of furan rings is 1. The molecule has 8 nitrogen and oxygen atoms in total. The number of carbonyl (C=O) groups excluding carboxylic acids is 2. The summed E-state index contributed by atoms with van der Waals surface area (Å²) in [5.74, 6) is -0.971. The van der Waals surface area contributed by atoms with E-state index in [1.807, 2.05) is 0 Å². The lowest BCUT2D eigenvalue weighted by Crippen LogP contribution is -2.51. The molecule has 1 fully saturated rings. The summed E-state index contributed by atoms with van der Waals surface area (Å²) in [6.07, 6.45) is -0.526. The minimum absolute atomic E-state index is 0.0378. The first-order chi connectivity index (χ1) is 11.8. The van der Waals surface area contributed by atoms with Gasteiger partial charge < -0.3 is 19.7 Å². The number of phenolic OH excluding ortho intramolecular Hbond substituents is 1. The quantitative estimate of drug-likeness (QED) is 0.234. The van der Waals surface area contributed by atoms with E-state index in [1.54, 1.807) is 12.1 Å². The standard InChI is InChI=1S/C16H12N2O6S/c19-11-5-7(1-3-9(11)15(22)23)12-4-2-8(24-12)6-10-13(20)17-16(25)18-14(10)21/h1-6,15,19,22-23H,(H2,17,18,20,21,25). The molecule has 1 aliphatic rings. The Labute approximate surface area is 146 Å². The summed E-state index contributed by atoms with van der Waals surface area (Å²) in [4.78, 5) is 23.6. The highest BCUT2D eigenvalue weighted by Gasteiger charge is 2.26. The van der Waals surface area contributed by atoms with Crippen molar-refractivity contribution in [3.63, 3.8) is 0 Å². The molecule has 1 aromatic heterocycles. The van der Waals surface area contributed by atoms with Crippen molar-refractivity contribution in [2.45, 2.75) is 6.29 Å². The molecular weight excluding hydrogens is 348 g/mol. The van der Waals surface area contributed by atoms with Gasteiger partial charge in [0.2, 0.25) is 0 Å². The molecular formula is C16H12N2O6S. The molecule has 0 radical (unpaired) electrons. The van der Waals surface area contributed by atoms with Gasteiger partial charge in [-0.3, -0.25) is 20.2 Å². The molecule has 0 atom stereocenters. The van der Waals surface area contributed by atoms with E-state index in [4.69, 9.17) is 26.8 Å². The monoisotopic (exact) mass is 360 g/mol. The fourth-order valence-electron chi connectivity index (χ4n) is 2.25. The van der Waals surface area contributed by atoms with Crippen LogP contribution in [0.3, 0.4) is 0 Å². The van der Waals surface area contributed by atoms with E-state index in [2.05, 4.69) is 10.6 Å². The molecule has 5 N–H and O–H groups in total. The zero-order valence-corrected chi connectivity index (χ0v) is 13.3. The SMILES string of the molecule is O=C1NC(=S)NC(=O)C1=Cc1ccc(-c2ccc(C(O)O)c(O)c2)o1. The minimum Gasteiger partial charge on any atom is -0.507 e. The van der Waals surface area contributed by atoms with Gasteiger partial charge in [-0.25, -0.2) is 0 Å². The fourth-order valence-corrected chi connectivity index (χ4v) is 2.43. The molecule has 9 heteroatoms. The third kappa shape index (κ3) is 3.43. The average molecular weight is 360 g/mol. The first kappa shape index (κ1) is 16.8. The molecule has 1 aliphatic heterocycles. The van der Waals surface area contributed by atoms with Gasteiger partial charge in [0.15, 0.2) is 11.4 Å². The smallest absolute Gasteiger partial charge is 0.263 e. The van der Waals surface area contributed by atoms with Crippen LogP contribution in [0.4, 0.5) is 0 Å². The van der Waals surface area contributed by atoms with E-state index in [0.29, 0.717) is 11.3 Å². The zero-order chi connectivity index (χ0) is 18.1. The Balaban J connectivity index is 1.89. The van der Waals surface area contributed by atoms with E-state index >= 15 is 0 Å². The van der Waals surface area contributed by atoms with Crippen LogP contribution in [0, 0.1) is 0 Å². The highest BCUT2D eigenvalue weighted by molar-refractivity contribution is 7.80. The van der Waals surface area contributed by atoms with Crippen LogP contribution in [0.2, 0.25) is 0 Å². The number of benzene rings is 1. The molecule has 25 heavy (non-hydrogen) atoms. The maximum absolute atomic E-state index is 11.8. The predicted molar refractivity (Wildman–Crippen MR) is 89.8 cm³/mol. The number of rotatable bonds is 3. The molecule has 3 rings (SSSR count). The normalized spacial score (nSPS) is 14.5. The van der Waals surface area contributed by atoms with Crippen LogP contribution in [0.1, 0.15) is 17.6 Å². The van der Waals surface area contributed by atoms with Gasteiger partial charge in [0.25, 0.3) is 11.8 Å². The summed E-state index contributed by atoms with van der Waals surface area (Å²) in [5, 5.41) is 32.6. The first-order valence-electron chi connectivity index (χ1n) is 7.03. The molecule has 2 heterocycles. The number of aliphatic hydroxyl groups excluding tert-OH is 1. The number of aromatic hydroxyl groups is 1. The van der Waals surface area contributed by atoms with Crippen molar-refractivity contribution in [2.24, 2.45) is 0 Å². The second kappa shape index (κ2) is 6.48. The van der Waals surface area contributed by atoms with Crippen molar-refractivity contribution in [2.75, 3.05) is 0 Å². The van der Waals surface area contributed by atoms with Crippen LogP contribution in [0.5, 0.6) is 5.75 Å². The Morgan fingerprint density at radius 3 is 2.36 bits per heavy atom. The van der Waals surface area contributed by atoms with Crippen molar-refractivity contribution in [1.29, 1.82) is 0 Å². The molecule has 0 saturated carbocycles. The number of hydrogen-bond acceptors (Lipinski definition) is 7. The molecule has 0 unspecified atom stereocenters. The van der Waals surface area contributed by atoms with Gasteiger partial charge in [0, 0.05) is 11.1 Å². The van der Waals surface area contributed by atoms with Crippen molar-refractivity contribution in [3.8, 4) is 17.1 Å².